The lowest BCUT2D eigenvalue weighted by atomic mass is 10.0. The zero-order valence-corrected chi connectivity index (χ0v) is 40.0. The van der Waals surface area contributed by atoms with E-state index in [1.807, 2.05) is 0 Å². The van der Waals surface area contributed by atoms with Crippen LogP contribution in [-0.2, 0) is 28.6 Å². The third-order valence-corrected chi connectivity index (χ3v) is 11.4. The fourth-order valence-electron chi connectivity index (χ4n) is 7.45. The van der Waals surface area contributed by atoms with E-state index in [9.17, 15) is 14.4 Å². The molecule has 0 heterocycles. The number of carbonyl (C=O) groups is 3. The molecular weight excluding hydrogens is 745 g/mol. The predicted molar refractivity (Wildman–Crippen MR) is 256 cm³/mol. The molecule has 0 saturated carbocycles. The highest BCUT2D eigenvalue weighted by atomic mass is 16.6. The third kappa shape index (κ3) is 46.7. The molecule has 0 fully saturated rings. The van der Waals surface area contributed by atoms with Crippen molar-refractivity contribution < 1.29 is 28.6 Å². The molecule has 350 valence electrons. The molecule has 0 bridgehead atoms. The van der Waals surface area contributed by atoms with Crippen molar-refractivity contribution >= 4 is 17.9 Å². The fraction of sp³-hybridized carbons (Fsp3) is 0.833. The van der Waals surface area contributed by atoms with Crippen molar-refractivity contribution in [1.29, 1.82) is 0 Å². The van der Waals surface area contributed by atoms with E-state index in [1.54, 1.807) is 0 Å². The van der Waals surface area contributed by atoms with Gasteiger partial charge in [-0.2, -0.15) is 0 Å². The van der Waals surface area contributed by atoms with Gasteiger partial charge in [-0.25, -0.2) is 0 Å². The Morgan fingerprint density at radius 3 is 0.967 bits per heavy atom. The summed E-state index contributed by atoms with van der Waals surface area (Å²) < 4.78 is 16.7. The van der Waals surface area contributed by atoms with Crippen molar-refractivity contribution in [2.24, 2.45) is 0 Å². The van der Waals surface area contributed by atoms with Crippen molar-refractivity contribution in [2.45, 2.75) is 277 Å². The second kappa shape index (κ2) is 49.3. The lowest BCUT2D eigenvalue weighted by molar-refractivity contribution is -0.167. The van der Waals surface area contributed by atoms with Gasteiger partial charge in [0.1, 0.15) is 13.2 Å². The molecule has 0 N–H and O–H groups in total. The topological polar surface area (TPSA) is 78.9 Å². The molecule has 0 aliphatic rings. The average Bonchev–Trinajstić information content (AvgIpc) is 3.24. The fourth-order valence-corrected chi connectivity index (χ4v) is 7.45. The van der Waals surface area contributed by atoms with E-state index in [1.165, 1.54) is 161 Å². The minimum absolute atomic E-state index is 0.0834. The summed E-state index contributed by atoms with van der Waals surface area (Å²) in [4.78, 5) is 37.9. The predicted octanol–water partition coefficient (Wildman–Crippen LogP) is 16.9. The highest BCUT2D eigenvalue weighted by molar-refractivity contribution is 5.71. The number of unbranched alkanes of at least 4 members (excludes halogenated alkanes) is 30. The van der Waals surface area contributed by atoms with Crippen LogP contribution >= 0.6 is 0 Å². The molecule has 0 spiro atoms. The molecule has 6 heteroatoms. The van der Waals surface area contributed by atoms with Crippen molar-refractivity contribution in [3.8, 4) is 0 Å². The largest absolute Gasteiger partial charge is 0.462 e. The molecule has 1 atom stereocenters. The first-order valence-electron chi connectivity index (χ1n) is 26.0. The monoisotopic (exact) mass is 843 g/mol. The quantitative estimate of drug-likeness (QED) is 0.0263. The molecule has 0 aliphatic heterocycles. The van der Waals surface area contributed by atoms with E-state index >= 15 is 0 Å². The molecule has 0 aliphatic carbocycles. The van der Waals surface area contributed by atoms with Gasteiger partial charge in [-0.15, -0.1) is 0 Å². The standard InChI is InChI=1S/C54H98O6/c1-4-7-10-13-16-19-22-24-26-27-29-30-32-35-38-41-44-47-53(56)59-50-51(49-58-52(55)46-43-40-37-34-21-18-15-12-9-6-3)60-54(57)48-45-42-39-36-33-31-28-25-23-20-17-14-11-8-5-2/h17,20,25,28,33,36,51H,4-16,18-19,21-24,26-27,29-32,34-35,37-50H2,1-3H3/b20-17-,28-25-,36-33-/t51-/m1/s1. The summed E-state index contributed by atoms with van der Waals surface area (Å²) in [5, 5.41) is 0. The van der Waals surface area contributed by atoms with Crippen LogP contribution in [0.25, 0.3) is 0 Å². The van der Waals surface area contributed by atoms with E-state index < -0.39 is 6.10 Å². The maximum Gasteiger partial charge on any atom is 0.306 e. The van der Waals surface area contributed by atoms with E-state index in [4.69, 9.17) is 14.2 Å². The Hall–Kier alpha value is -2.37. The van der Waals surface area contributed by atoms with E-state index in [0.717, 1.165) is 64.2 Å². The van der Waals surface area contributed by atoms with Gasteiger partial charge in [0.15, 0.2) is 6.10 Å². The molecule has 0 unspecified atom stereocenters. The Morgan fingerprint density at radius 2 is 0.600 bits per heavy atom. The summed E-state index contributed by atoms with van der Waals surface area (Å²) in [5.74, 6) is -0.912. The molecular formula is C54H98O6. The Bertz CT molecular complexity index is 1020. The number of carbonyl (C=O) groups excluding carboxylic acids is 3. The normalized spacial score (nSPS) is 12.2. The van der Waals surface area contributed by atoms with Crippen LogP contribution in [0.3, 0.4) is 0 Å². The Labute approximate surface area is 372 Å². The molecule has 6 nitrogen and oxygen atoms in total. The molecule has 0 aromatic heterocycles. The van der Waals surface area contributed by atoms with Crippen LogP contribution in [0.4, 0.5) is 0 Å². The van der Waals surface area contributed by atoms with Crippen LogP contribution in [0.1, 0.15) is 271 Å². The molecule has 0 aromatic carbocycles. The van der Waals surface area contributed by atoms with Gasteiger partial charge in [-0.3, -0.25) is 14.4 Å². The summed E-state index contributed by atoms with van der Waals surface area (Å²) in [5.41, 5.74) is 0. The Balaban J connectivity index is 4.36. The second-order valence-electron chi connectivity index (χ2n) is 17.4. The minimum Gasteiger partial charge on any atom is -0.462 e. The highest BCUT2D eigenvalue weighted by Gasteiger charge is 2.19. The van der Waals surface area contributed by atoms with E-state index in [-0.39, 0.29) is 37.5 Å². The molecule has 0 saturated heterocycles. The average molecular weight is 843 g/mol. The van der Waals surface area contributed by atoms with Gasteiger partial charge in [0.25, 0.3) is 0 Å². The van der Waals surface area contributed by atoms with Gasteiger partial charge in [-0.1, -0.05) is 231 Å². The molecule has 0 radical (unpaired) electrons. The van der Waals surface area contributed by atoms with Gasteiger partial charge in [0, 0.05) is 19.3 Å². The van der Waals surface area contributed by atoms with Crippen molar-refractivity contribution in [2.75, 3.05) is 13.2 Å². The van der Waals surface area contributed by atoms with Gasteiger partial charge in [0.2, 0.25) is 0 Å². The maximum atomic E-state index is 12.8. The van der Waals surface area contributed by atoms with Gasteiger partial charge >= 0.3 is 17.9 Å². The van der Waals surface area contributed by atoms with E-state index in [0.29, 0.717) is 19.3 Å². The third-order valence-electron chi connectivity index (χ3n) is 11.4. The number of hydrogen-bond donors (Lipinski definition) is 0. The van der Waals surface area contributed by atoms with Crippen LogP contribution in [0.5, 0.6) is 0 Å². The van der Waals surface area contributed by atoms with Crippen LogP contribution in [0, 0.1) is 0 Å². The lowest BCUT2D eigenvalue weighted by Gasteiger charge is -2.18. The van der Waals surface area contributed by atoms with Gasteiger partial charge < -0.3 is 14.2 Å². The molecule has 60 heavy (non-hydrogen) atoms. The zero-order chi connectivity index (χ0) is 43.7. The molecule has 0 aromatic rings. The summed E-state index contributed by atoms with van der Waals surface area (Å²) in [6.45, 7) is 6.59. The first-order valence-corrected chi connectivity index (χ1v) is 26.0. The van der Waals surface area contributed by atoms with Crippen LogP contribution in [0.2, 0.25) is 0 Å². The van der Waals surface area contributed by atoms with Crippen molar-refractivity contribution in [3.63, 3.8) is 0 Å². The first-order chi connectivity index (χ1) is 29.5. The number of ether oxygens (including phenoxy) is 3. The van der Waals surface area contributed by atoms with Crippen LogP contribution in [-0.4, -0.2) is 37.2 Å². The Morgan fingerprint density at radius 1 is 0.333 bits per heavy atom. The number of rotatable bonds is 47. The Kier molecular flexibility index (Phi) is 47.3. The second-order valence-corrected chi connectivity index (χ2v) is 17.4. The van der Waals surface area contributed by atoms with Crippen LogP contribution in [0.15, 0.2) is 36.5 Å². The van der Waals surface area contributed by atoms with Gasteiger partial charge in [0.05, 0.1) is 0 Å². The van der Waals surface area contributed by atoms with Crippen LogP contribution < -0.4 is 0 Å². The zero-order valence-electron chi connectivity index (χ0n) is 40.0. The summed E-state index contributed by atoms with van der Waals surface area (Å²) in [7, 11) is 0. The minimum atomic E-state index is -0.786. The highest BCUT2D eigenvalue weighted by Crippen LogP contribution is 2.16. The summed E-state index contributed by atoms with van der Waals surface area (Å²) in [6.07, 6.45) is 57.0. The number of allylic oxidation sites excluding steroid dienone is 6. The molecule has 0 rings (SSSR count). The maximum absolute atomic E-state index is 12.8. The number of esters is 3. The lowest BCUT2D eigenvalue weighted by Crippen LogP contribution is -2.30. The summed E-state index contributed by atoms with van der Waals surface area (Å²) in [6, 6.07) is 0. The molecule has 0 amide bonds. The smallest absolute Gasteiger partial charge is 0.306 e. The SMILES string of the molecule is CCCCC/C=C\C/C=C\C/C=C\CCCCC(=O)O[C@H](COC(=O)CCCCCCCCCCCC)COC(=O)CCCCCCCCCCCCCCCCCCC. The van der Waals surface area contributed by atoms with E-state index in [2.05, 4.69) is 57.2 Å². The van der Waals surface area contributed by atoms with Gasteiger partial charge in [-0.05, 0) is 57.8 Å². The summed E-state index contributed by atoms with van der Waals surface area (Å²) >= 11 is 0. The van der Waals surface area contributed by atoms with Crippen molar-refractivity contribution in [1.82, 2.24) is 0 Å². The van der Waals surface area contributed by atoms with Crippen molar-refractivity contribution in [3.05, 3.63) is 36.5 Å². The first kappa shape index (κ1) is 57.6. The number of hydrogen-bond acceptors (Lipinski definition) is 6.